The number of hydrogen-bond acceptors (Lipinski definition) is 10. The Morgan fingerprint density at radius 2 is 1.62 bits per heavy atom. The lowest BCUT2D eigenvalue weighted by molar-refractivity contribution is -0.136. The number of hydrogen-bond donors (Lipinski definition) is 3. The Kier molecular flexibility index (Phi) is 16.6. The van der Waals surface area contributed by atoms with Crippen LogP contribution in [-0.2, 0) is 40.4 Å². The van der Waals surface area contributed by atoms with Crippen molar-refractivity contribution in [2.45, 2.75) is 110 Å². The monoisotopic (exact) mass is 1010 g/mol. The zero-order valence-corrected chi connectivity index (χ0v) is 40.0. The van der Waals surface area contributed by atoms with E-state index in [9.17, 15) is 42.3 Å². The standard InChI is InChI=1S/C50H53BrF2N8O8/c1-30-16-17-33(26-40(30)60-31(2)25-41(45(51)50(60)68)69-29-34-18-19-35(52)27-38(34)53)46(64)55-23-8-6-13-36-28-59(58-57-36)24-10-15-42(62)54-22-7-4-3-5-11-32-12-9-14-37-44(32)49(67)61(48(37)66)39-20-21-43(63)56-47(39)65/h9,12,14,16-19,25-28,39H,3-8,10-11,13,15,20-24,29H2,1-2H3,(H,54,62)(H,55,64)(H,56,63,65). The minimum absolute atomic E-state index is 0.0420. The van der Waals surface area contributed by atoms with Crippen molar-refractivity contribution in [1.82, 2.24) is 40.4 Å². The van der Waals surface area contributed by atoms with Gasteiger partial charge in [0.1, 0.15) is 34.5 Å². The molecule has 0 spiro atoms. The first-order chi connectivity index (χ1) is 33.2. The molecule has 1 saturated heterocycles. The largest absolute Gasteiger partial charge is 0.487 e. The van der Waals surface area contributed by atoms with Crippen LogP contribution < -0.4 is 26.2 Å². The number of aromatic nitrogens is 4. The first kappa shape index (κ1) is 50.0. The minimum Gasteiger partial charge on any atom is -0.487 e. The lowest BCUT2D eigenvalue weighted by atomic mass is 9.97. The molecule has 16 nitrogen and oxygen atoms in total. The predicted octanol–water partition coefficient (Wildman–Crippen LogP) is 6.52. The SMILES string of the molecule is Cc1ccc(C(=O)NCCCCc2cn(CCCC(=O)NCCCCCCc3cccc4c3C(=O)N(C3CCC(=O)NC3=O)C4=O)nn2)cc1-n1c(C)cc(OCc2ccc(F)cc2F)c(Br)c1=O. The second-order valence-electron chi connectivity index (χ2n) is 17.2. The number of rotatable bonds is 22. The van der Waals surface area contributed by atoms with E-state index in [4.69, 9.17) is 4.74 Å². The van der Waals surface area contributed by atoms with Gasteiger partial charge in [0.15, 0.2) is 0 Å². The highest BCUT2D eigenvalue weighted by atomic mass is 79.9. The first-order valence-electron chi connectivity index (χ1n) is 23.1. The average Bonchev–Trinajstić information content (AvgIpc) is 3.88. The molecule has 5 aromatic rings. The van der Waals surface area contributed by atoms with E-state index in [0.717, 1.165) is 66.0 Å². The molecule has 0 bridgehead atoms. The van der Waals surface area contributed by atoms with E-state index in [-0.39, 0.29) is 52.6 Å². The number of nitrogens with zero attached hydrogens (tertiary/aromatic N) is 5. The molecule has 6 amide bonds. The van der Waals surface area contributed by atoms with E-state index in [1.54, 1.807) is 48.0 Å². The molecule has 2 aliphatic heterocycles. The van der Waals surface area contributed by atoms with Crippen LogP contribution in [0.15, 0.2) is 76.1 Å². The van der Waals surface area contributed by atoms with Crippen LogP contribution in [0.4, 0.5) is 8.78 Å². The number of benzene rings is 3. The Morgan fingerprint density at radius 1 is 0.855 bits per heavy atom. The minimum atomic E-state index is -0.998. The zero-order valence-electron chi connectivity index (χ0n) is 38.4. The molecule has 0 radical (unpaired) electrons. The summed E-state index contributed by atoms with van der Waals surface area (Å²) in [4.78, 5) is 90.6. The fourth-order valence-electron chi connectivity index (χ4n) is 8.47. The third kappa shape index (κ3) is 12.2. The Balaban J connectivity index is 0.760. The maximum atomic E-state index is 14.2. The van der Waals surface area contributed by atoms with Gasteiger partial charge in [-0.15, -0.1) is 5.10 Å². The lowest BCUT2D eigenvalue weighted by Crippen LogP contribution is -2.54. The van der Waals surface area contributed by atoms with E-state index in [1.165, 1.54) is 10.6 Å². The number of halogens is 3. The second kappa shape index (κ2) is 22.9. The molecule has 2 aliphatic rings. The molecule has 19 heteroatoms. The zero-order chi connectivity index (χ0) is 49.2. The van der Waals surface area contributed by atoms with E-state index >= 15 is 0 Å². The molecule has 4 heterocycles. The van der Waals surface area contributed by atoms with Gasteiger partial charge in [-0.05, 0) is 123 Å². The number of carbonyl (C=O) groups is 6. The van der Waals surface area contributed by atoms with Crippen molar-refractivity contribution < 1.29 is 42.3 Å². The summed E-state index contributed by atoms with van der Waals surface area (Å²) in [5.74, 6) is -3.65. The molecule has 1 unspecified atom stereocenters. The number of ether oxygens (including phenoxy) is 1. The van der Waals surface area contributed by atoms with Crippen molar-refractivity contribution in [2.75, 3.05) is 13.1 Å². The van der Waals surface area contributed by atoms with Crippen molar-refractivity contribution in [3.8, 4) is 11.4 Å². The Morgan fingerprint density at radius 3 is 2.42 bits per heavy atom. The maximum Gasteiger partial charge on any atom is 0.273 e. The van der Waals surface area contributed by atoms with Crippen LogP contribution in [0.3, 0.4) is 0 Å². The predicted molar refractivity (Wildman–Crippen MR) is 253 cm³/mol. The second-order valence-corrected chi connectivity index (χ2v) is 18.0. The summed E-state index contributed by atoms with van der Waals surface area (Å²) >= 11 is 3.32. The Labute approximate surface area is 405 Å². The fraction of sp³-hybridized carbons (Fsp3) is 0.380. The molecule has 1 fully saturated rings. The topological polar surface area (TPSA) is 204 Å². The van der Waals surface area contributed by atoms with Gasteiger partial charge in [-0.3, -0.25) is 53.0 Å². The van der Waals surface area contributed by atoms with Gasteiger partial charge < -0.3 is 15.4 Å². The van der Waals surface area contributed by atoms with Crippen LogP contribution in [-0.4, -0.2) is 79.0 Å². The molecular formula is C50H53BrF2N8O8. The van der Waals surface area contributed by atoms with Crippen LogP contribution in [0.2, 0.25) is 0 Å². The highest BCUT2D eigenvalue weighted by Gasteiger charge is 2.45. The summed E-state index contributed by atoms with van der Waals surface area (Å²) in [5, 5.41) is 16.6. The third-order valence-electron chi connectivity index (χ3n) is 12.2. The van der Waals surface area contributed by atoms with Gasteiger partial charge in [-0.1, -0.05) is 36.3 Å². The molecule has 2 aromatic heterocycles. The quantitative estimate of drug-likeness (QED) is 0.0506. The number of amides is 6. The number of nitrogens with one attached hydrogen (secondary N) is 3. The van der Waals surface area contributed by atoms with Crippen LogP contribution in [0.5, 0.6) is 5.75 Å². The fourth-order valence-corrected chi connectivity index (χ4v) is 8.88. The van der Waals surface area contributed by atoms with Gasteiger partial charge in [-0.25, -0.2) is 8.78 Å². The molecular weight excluding hydrogens is 958 g/mol. The van der Waals surface area contributed by atoms with Crippen LogP contribution >= 0.6 is 15.9 Å². The summed E-state index contributed by atoms with van der Waals surface area (Å²) in [6.07, 6.45) is 9.00. The number of unbranched alkanes of at least 4 members (excludes halogenated alkanes) is 4. The summed E-state index contributed by atoms with van der Waals surface area (Å²) in [7, 11) is 0. The lowest BCUT2D eigenvalue weighted by Gasteiger charge is -2.27. The Hall–Kier alpha value is -6.89. The third-order valence-corrected chi connectivity index (χ3v) is 12.9. The van der Waals surface area contributed by atoms with Gasteiger partial charge in [-0.2, -0.15) is 0 Å². The smallest absolute Gasteiger partial charge is 0.273 e. The molecule has 0 aliphatic carbocycles. The van der Waals surface area contributed by atoms with Gasteiger partial charge in [0, 0.05) is 67.6 Å². The molecule has 7 rings (SSSR count). The maximum absolute atomic E-state index is 14.2. The number of carbonyl (C=O) groups excluding carboxylic acids is 6. The number of aryl methyl sites for hydroxylation is 5. The van der Waals surface area contributed by atoms with Crippen LogP contribution in [0, 0.1) is 25.5 Å². The molecule has 0 saturated carbocycles. The number of imide groups is 2. The Bertz CT molecular complexity index is 2850. The van der Waals surface area contributed by atoms with E-state index in [0.29, 0.717) is 74.2 Å². The van der Waals surface area contributed by atoms with Gasteiger partial charge in [0.25, 0.3) is 23.3 Å². The number of pyridine rings is 1. The molecule has 1 atom stereocenters. The average molecular weight is 1010 g/mol. The summed E-state index contributed by atoms with van der Waals surface area (Å²) in [6, 6.07) is 14.1. The molecule has 3 N–H and O–H groups in total. The van der Waals surface area contributed by atoms with E-state index < -0.39 is 46.9 Å². The highest BCUT2D eigenvalue weighted by molar-refractivity contribution is 9.10. The van der Waals surface area contributed by atoms with Crippen LogP contribution in [0.1, 0.15) is 123 Å². The number of fused-ring (bicyclic) bond motifs is 1. The van der Waals surface area contributed by atoms with Crippen molar-refractivity contribution >= 4 is 51.4 Å². The molecule has 69 heavy (non-hydrogen) atoms. The van der Waals surface area contributed by atoms with Crippen molar-refractivity contribution in [2.24, 2.45) is 0 Å². The van der Waals surface area contributed by atoms with Gasteiger partial charge in [0.2, 0.25) is 17.7 Å². The first-order valence-corrected chi connectivity index (χ1v) is 23.9. The van der Waals surface area contributed by atoms with Gasteiger partial charge in [0.05, 0.1) is 22.5 Å². The summed E-state index contributed by atoms with van der Waals surface area (Å²) < 4.78 is 36.5. The molecule has 362 valence electrons. The highest BCUT2D eigenvalue weighted by Crippen LogP contribution is 2.31. The summed E-state index contributed by atoms with van der Waals surface area (Å²) in [5.41, 5.74) is 4.07. The van der Waals surface area contributed by atoms with Crippen molar-refractivity contribution in [3.05, 3.63) is 138 Å². The van der Waals surface area contributed by atoms with E-state index in [1.807, 2.05) is 19.2 Å². The van der Waals surface area contributed by atoms with E-state index in [2.05, 4.69) is 42.2 Å². The van der Waals surface area contributed by atoms with Crippen molar-refractivity contribution in [3.63, 3.8) is 0 Å². The van der Waals surface area contributed by atoms with Crippen LogP contribution in [0.25, 0.3) is 5.69 Å². The number of piperidine rings is 1. The van der Waals surface area contributed by atoms with Gasteiger partial charge >= 0.3 is 0 Å². The summed E-state index contributed by atoms with van der Waals surface area (Å²) in [6.45, 7) is 4.85. The molecule has 3 aromatic carbocycles. The van der Waals surface area contributed by atoms with Crippen molar-refractivity contribution in [1.29, 1.82) is 0 Å². The normalized spacial score (nSPS) is 14.5.